The highest BCUT2D eigenvalue weighted by Crippen LogP contribution is 2.51. The molecule has 0 aliphatic carbocycles. The predicted octanol–water partition coefficient (Wildman–Crippen LogP) is 11.3. The van der Waals surface area contributed by atoms with E-state index in [-0.39, 0.29) is 13.2 Å². The molecule has 0 aromatic heterocycles. The lowest BCUT2D eigenvalue weighted by Crippen LogP contribution is -2.39. The molecule has 0 unspecified atom stereocenters. The van der Waals surface area contributed by atoms with Crippen molar-refractivity contribution in [2.45, 2.75) is 58.3 Å². The third kappa shape index (κ3) is 10.3. The van der Waals surface area contributed by atoms with Crippen molar-refractivity contribution >= 4 is 5.97 Å². The maximum atomic E-state index is 13.1. The van der Waals surface area contributed by atoms with Gasteiger partial charge in [0, 0.05) is 19.1 Å². The maximum absolute atomic E-state index is 13.1. The van der Waals surface area contributed by atoms with Gasteiger partial charge in [-0.15, -0.1) is 0 Å². The van der Waals surface area contributed by atoms with E-state index in [1.807, 2.05) is 182 Å². The zero-order valence-electron chi connectivity index (χ0n) is 33.4. The van der Waals surface area contributed by atoms with E-state index in [1.165, 1.54) is 6.92 Å². The van der Waals surface area contributed by atoms with Gasteiger partial charge in [-0.2, -0.15) is 0 Å². The normalized spacial score (nSPS) is 15.5. The molecule has 1 aliphatic rings. The molecular formula is C52H46O8. The molecule has 0 radical (unpaired) electrons. The highest BCUT2D eigenvalue weighted by molar-refractivity contribution is 5.67. The Morgan fingerprint density at radius 1 is 0.483 bits per heavy atom. The summed E-state index contributed by atoms with van der Waals surface area (Å²) in [5, 5.41) is 0. The molecule has 8 rings (SSSR count). The predicted molar refractivity (Wildman–Crippen MR) is 229 cm³/mol. The first-order valence-electron chi connectivity index (χ1n) is 20.0. The fraction of sp³-hybridized carbons (Fsp3) is 0.173. The number of esters is 1. The molecule has 8 nitrogen and oxygen atoms in total. The number of benzene rings is 7. The first kappa shape index (κ1) is 39.8. The average Bonchev–Trinajstić information content (AvgIpc) is 3.29. The molecule has 7 aromatic carbocycles. The van der Waals surface area contributed by atoms with E-state index in [2.05, 4.69) is 0 Å². The summed E-state index contributed by atoms with van der Waals surface area (Å²) >= 11 is 0. The van der Waals surface area contributed by atoms with E-state index < -0.39 is 24.3 Å². The Morgan fingerprint density at radius 3 is 1.43 bits per heavy atom. The van der Waals surface area contributed by atoms with Gasteiger partial charge in [0.25, 0.3) is 0 Å². The molecule has 0 saturated heterocycles. The maximum Gasteiger partial charge on any atom is 0.303 e. The standard InChI is InChI=1S/C52H46O8/c1-37(53)59-51-49-47(57-35-41-23-13-5-14-24-41)30-44(54-32-38-17-7-2-8-18-38)31-48(49)60-50(52(51)58-36-42-25-15-6-16-26-42)43-27-28-45(55-33-39-19-9-3-10-20-39)46(29-43)56-34-40-21-11-4-12-22-40/h2-31,50-52H,32-36H2,1H3/t50-,51+,52-/m1/s1. The lowest BCUT2D eigenvalue weighted by atomic mass is 9.90. The second kappa shape index (κ2) is 19.6. The van der Waals surface area contributed by atoms with Crippen molar-refractivity contribution in [1.29, 1.82) is 0 Å². The van der Waals surface area contributed by atoms with Crippen LogP contribution in [0.4, 0.5) is 0 Å². The van der Waals surface area contributed by atoms with Crippen LogP contribution in [-0.2, 0) is 47.3 Å². The van der Waals surface area contributed by atoms with E-state index in [9.17, 15) is 4.79 Å². The zero-order chi connectivity index (χ0) is 40.9. The van der Waals surface area contributed by atoms with E-state index in [1.54, 1.807) is 0 Å². The summed E-state index contributed by atoms with van der Waals surface area (Å²) in [7, 11) is 0. The average molecular weight is 799 g/mol. The lowest BCUT2D eigenvalue weighted by molar-refractivity contribution is -0.169. The van der Waals surface area contributed by atoms with Crippen LogP contribution in [-0.4, -0.2) is 12.1 Å². The van der Waals surface area contributed by atoms with Gasteiger partial charge < -0.3 is 33.2 Å². The SMILES string of the molecule is CC(=O)O[C@H]1c2c(OCc3ccccc3)cc(OCc3ccccc3)cc2O[C@H](c2ccc(OCc3ccccc3)c(OCc3ccccc3)c2)[C@H]1OCc1ccccc1. The van der Waals surface area contributed by atoms with Crippen molar-refractivity contribution in [2.75, 3.05) is 0 Å². The molecular weight excluding hydrogens is 753 g/mol. The van der Waals surface area contributed by atoms with Crippen LogP contribution >= 0.6 is 0 Å². The molecule has 0 spiro atoms. The van der Waals surface area contributed by atoms with Crippen LogP contribution in [0.5, 0.6) is 28.7 Å². The van der Waals surface area contributed by atoms with Crippen LogP contribution in [0, 0.1) is 0 Å². The Balaban J connectivity index is 1.21. The number of hydrogen-bond acceptors (Lipinski definition) is 8. The smallest absolute Gasteiger partial charge is 0.303 e. The summed E-state index contributed by atoms with van der Waals surface area (Å²) in [6, 6.07) is 59.0. The molecule has 1 aliphatic heterocycles. The van der Waals surface area contributed by atoms with Gasteiger partial charge in [0.1, 0.15) is 49.8 Å². The Bertz CT molecular complexity index is 2430. The number of carbonyl (C=O) groups excluding carboxylic acids is 1. The van der Waals surface area contributed by atoms with Crippen LogP contribution < -0.4 is 23.7 Å². The molecule has 1 heterocycles. The summed E-state index contributed by atoms with van der Waals surface area (Å²) in [6.07, 6.45) is -2.54. The van der Waals surface area contributed by atoms with Crippen molar-refractivity contribution in [3.05, 3.63) is 221 Å². The Labute approximate surface area is 350 Å². The van der Waals surface area contributed by atoms with Crippen molar-refractivity contribution in [3.63, 3.8) is 0 Å². The minimum absolute atomic E-state index is 0.229. The van der Waals surface area contributed by atoms with Gasteiger partial charge in [-0.05, 0) is 45.5 Å². The molecule has 0 fully saturated rings. The largest absolute Gasteiger partial charge is 0.489 e. The number of fused-ring (bicyclic) bond motifs is 1. The van der Waals surface area contributed by atoms with E-state index >= 15 is 0 Å². The zero-order valence-corrected chi connectivity index (χ0v) is 33.4. The molecule has 3 atom stereocenters. The molecule has 0 N–H and O–H groups in total. The van der Waals surface area contributed by atoms with Gasteiger partial charge in [0.05, 0.1) is 12.2 Å². The quantitative estimate of drug-likeness (QED) is 0.0843. The number of rotatable bonds is 17. The third-order valence-corrected chi connectivity index (χ3v) is 10.0. The van der Waals surface area contributed by atoms with Crippen molar-refractivity contribution in [2.24, 2.45) is 0 Å². The molecule has 8 heteroatoms. The van der Waals surface area contributed by atoms with Gasteiger partial charge >= 0.3 is 5.97 Å². The summed E-state index contributed by atoms with van der Waals surface area (Å²) in [4.78, 5) is 13.1. The van der Waals surface area contributed by atoms with E-state index in [0.29, 0.717) is 54.1 Å². The summed E-state index contributed by atoms with van der Waals surface area (Å²) in [5.74, 6) is 2.04. The molecule has 60 heavy (non-hydrogen) atoms. The number of ether oxygens (including phenoxy) is 7. The summed E-state index contributed by atoms with van der Waals surface area (Å²) in [6.45, 7) is 2.87. The molecule has 7 aromatic rings. The third-order valence-electron chi connectivity index (χ3n) is 10.0. The van der Waals surface area contributed by atoms with Crippen LogP contribution in [0.15, 0.2) is 182 Å². The summed E-state index contributed by atoms with van der Waals surface area (Å²) in [5.41, 5.74) is 6.23. The van der Waals surface area contributed by atoms with Gasteiger partial charge in [-0.3, -0.25) is 4.79 Å². The van der Waals surface area contributed by atoms with Crippen molar-refractivity contribution < 1.29 is 38.0 Å². The molecule has 0 bridgehead atoms. The Hall–Kier alpha value is -7.03. The fourth-order valence-corrected chi connectivity index (χ4v) is 7.07. The lowest BCUT2D eigenvalue weighted by Gasteiger charge is -2.40. The second-order valence-electron chi connectivity index (χ2n) is 14.5. The first-order valence-corrected chi connectivity index (χ1v) is 20.0. The van der Waals surface area contributed by atoms with E-state index in [0.717, 1.165) is 33.4 Å². The first-order chi connectivity index (χ1) is 29.6. The van der Waals surface area contributed by atoms with Crippen LogP contribution in [0.2, 0.25) is 0 Å². The van der Waals surface area contributed by atoms with Crippen molar-refractivity contribution in [1.82, 2.24) is 0 Å². The van der Waals surface area contributed by atoms with Crippen LogP contribution in [0.3, 0.4) is 0 Å². The molecule has 0 saturated carbocycles. The number of hydrogen-bond donors (Lipinski definition) is 0. The highest BCUT2D eigenvalue weighted by atomic mass is 16.6. The molecule has 0 amide bonds. The van der Waals surface area contributed by atoms with Gasteiger partial charge in [0.2, 0.25) is 0 Å². The van der Waals surface area contributed by atoms with E-state index in [4.69, 9.17) is 33.2 Å². The van der Waals surface area contributed by atoms with Crippen molar-refractivity contribution in [3.8, 4) is 28.7 Å². The minimum Gasteiger partial charge on any atom is -0.489 e. The second-order valence-corrected chi connectivity index (χ2v) is 14.5. The topological polar surface area (TPSA) is 81.7 Å². The summed E-state index contributed by atoms with van der Waals surface area (Å²) < 4.78 is 45.9. The molecule has 302 valence electrons. The Morgan fingerprint density at radius 2 is 0.933 bits per heavy atom. The van der Waals surface area contributed by atoms with Gasteiger partial charge in [-0.1, -0.05) is 158 Å². The number of carbonyl (C=O) groups is 1. The monoisotopic (exact) mass is 798 g/mol. The van der Waals surface area contributed by atoms with Gasteiger partial charge in [0.15, 0.2) is 23.7 Å². The van der Waals surface area contributed by atoms with Crippen LogP contribution in [0.25, 0.3) is 0 Å². The minimum atomic E-state index is -0.934. The highest BCUT2D eigenvalue weighted by Gasteiger charge is 2.45. The van der Waals surface area contributed by atoms with Gasteiger partial charge in [-0.25, -0.2) is 0 Å². The Kier molecular flexibility index (Phi) is 13.0. The van der Waals surface area contributed by atoms with Crippen LogP contribution in [0.1, 0.15) is 58.1 Å². The fourth-order valence-electron chi connectivity index (χ4n) is 7.07.